The van der Waals surface area contributed by atoms with Crippen molar-refractivity contribution in [2.45, 2.75) is 13.8 Å². The zero-order chi connectivity index (χ0) is 16.7. The van der Waals surface area contributed by atoms with Gasteiger partial charge in [0.15, 0.2) is 0 Å². The summed E-state index contributed by atoms with van der Waals surface area (Å²) in [6.07, 6.45) is 0. The highest BCUT2D eigenvalue weighted by atomic mass is 16.6. The van der Waals surface area contributed by atoms with Crippen LogP contribution in [-0.2, 0) is 9.59 Å². The lowest BCUT2D eigenvalue weighted by atomic mass is 10.2. The van der Waals surface area contributed by atoms with Gasteiger partial charge in [0, 0.05) is 37.4 Å². The van der Waals surface area contributed by atoms with Gasteiger partial charge in [-0.2, -0.15) is 0 Å². The van der Waals surface area contributed by atoms with Gasteiger partial charge in [0.25, 0.3) is 0 Å². The van der Waals surface area contributed by atoms with E-state index in [0.29, 0.717) is 22.9 Å². The maximum atomic E-state index is 11.0. The van der Waals surface area contributed by atoms with E-state index in [4.69, 9.17) is 9.31 Å². The number of hydrogen-bond donors (Lipinski definition) is 2. The van der Waals surface area contributed by atoms with Crippen LogP contribution in [0.5, 0.6) is 11.5 Å². The number of benzene rings is 2. The zero-order valence-corrected chi connectivity index (χ0v) is 13.0. The van der Waals surface area contributed by atoms with Crippen molar-refractivity contribution >= 4 is 30.9 Å². The minimum Gasteiger partial charge on any atom is -0.528 e. The Morgan fingerprint density at radius 3 is 1.65 bits per heavy atom. The van der Waals surface area contributed by atoms with Crippen molar-refractivity contribution in [1.82, 2.24) is 0 Å². The predicted octanol–water partition coefficient (Wildman–Crippen LogP) is 2.33. The van der Waals surface area contributed by atoms with Gasteiger partial charge in [0.05, 0.1) is 0 Å². The highest BCUT2D eigenvalue weighted by molar-refractivity contribution is 6.20. The maximum absolute atomic E-state index is 11.0. The van der Waals surface area contributed by atoms with Gasteiger partial charge >= 0.3 is 7.69 Å². The first-order chi connectivity index (χ1) is 11.0. The number of carbonyl (C=O) groups is 2. The largest absolute Gasteiger partial charge is 0.576 e. The molecule has 0 spiro atoms. The molecule has 2 rings (SSSR count). The third-order valence-electron chi connectivity index (χ3n) is 2.76. The van der Waals surface area contributed by atoms with Crippen LogP contribution in [0.1, 0.15) is 13.8 Å². The second-order valence-electron chi connectivity index (χ2n) is 4.82. The number of nitrogens with one attached hydrogen (secondary N) is 2. The van der Waals surface area contributed by atoms with E-state index in [2.05, 4.69) is 10.6 Å². The molecule has 0 fully saturated rings. The van der Waals surface area contributed by atoms with Crippen molar-refractivity contribution < 1.29 is 18.9 Å². The molecule has 0 atom stereocenters. The van der Waals surface area contributed by atoms with E-state index in [1.807, 2.05) is 0 Å². The fourth-order valence-corrected chi connectivity index (χ4v) is 1.90. The Labute approximate surface area is 135 Å². The van der Waals surface area contributed by atoms with Crippen LogP contribution in [0.2, 0.25) is 0 Å². The Balaban J connectivity index is 1.89. The van der Waals surface area contributed by atoms with E-state index >= 15 is 0 Å². The molecule has 0 aliphatic carbocycles. The summed E-state index contributed by atoms with van der Waals surface area (Å²) >= 11 is 0. The number of hydrogen-bond acceptors (Lipinski definition) is 4. The Morgan fingerprint density at radius 2 is 1.26 bits per heavy atom. The summed E-state index contributed by atoms with van der Waals surface area (Å²) in [5.74, 6) is 0.866. The lowest BCUT2D eigenvalue weighted by molar-refractivity contribution is -0.115. The second kappa shape index (κ2) is 7.88. The van der Waals surface area contributed by atoms with E-state index in [1.54, 1.807) is 48.5 Å². The highest BCUT2D eigenvalue weighted by Crippen LogP contribution is 2.19. The van der Waals surface area contributed by atoms with E-state index in [-0.39, 0.29) is 19.5 Å². The minimum atomic E-state index is -0.145. The molecule has 0 bridgehead atoms. The first-order valence-corrected chi connectivity index (χ1v) is 7.04. The van der Waals surface area contributed by atoms with Crippen LogP contribution in [-0.4, -0.2) is 19.5 Å². The first-order valence-electron chi connectivity index (χ1n) is 7.04. The van der Waals surface area contributed by atoms with Crippen LogP contribution in [0.3, 0.4) is 0 Å². The smallest absolute Gasteiger partial charge is 0.528 e. The van der Waals surface area contributed by atoms with Crippen LogP contribution in [0.25, 0.3) is 0 Å². The molecule has 0 heterocycles. The van der Waals surface area contributed by atoms with Crippen molar-refractivity contribution in [2.24, 2.45) is 0 Å². The minimum absolute atomic E-state index is 0.00699. The molecule has 0 aliphatic rings. The standard InChI is InChI=1S/C16H17BN2O4/c1-11(20)18-13-5-3-7-15(9-13)22-17-23-16-8-4-6-14(10-16)19-12(2)21/h3-10,17H,1-2H3,(H,18,20)(H,19,21). The van der Waals surface area contributed by atoms with Gasteiger partial charge in [-0.05, 0) is 24.3 Å². The zero-order valence-electron chi connectivity index (χ0n) is 13.0. The molecule has 0 saturated carbocycles. The van der Waals surface area contributed by atoms with Crippen molar-refractivity contribution in [3.8, 4) is 11.5 Å². The molecule has 0 aliphatic heterocycles. The highest BCUT2D eigenvalue weighted by Gasteiger charge is 2.03. The molecule has 6 nitrogen and oxygen atoms in total. The molecule has 118 valence electrons. The topological polar surface area (TPSA) is 76.7 Å². The fourth-order valence-electron chi connectivity index (χ4n) is 1.90. The molecule has 2 N–H and O–H groups in total. The third kappa shape index (κ3) is 5.74. The van der Waals surface area contributed by atoms with E-state index in [1.165, 1.54) is 13.8 Å². The molecule has 2 amide bonds. The molecule has 0 aromatic heterocycles. The van der Waals surface area contributed by atoms with Crippen molar-refractivity contribution in [3.63, 3.8) is 0 Å². The Hall–Kier alpha value is -2.96. The number of amides is 2. The third-order valence-corrected chi connectivity index (χ3v) is 2.76. The Morgan fingerprint density at radius 1 is 0.826 bits per heavy atom. The van der Waals surface area contributed by atoms with E-state index in [9.17, 15) is 9.59 Å². The van der Waals surface area contributed by atoms with Crippen LogP contribution >= 0.6 is 0 Å². The van der Waals surface area contributed by atoms with Crippen molar-refractivity contribution in [2.75, 3.05) is 10.6 Å². The van der Waals surface area contributed by atoms with Gasteiger partial charge in [-0.25, -0.2) is 0 Å². The quantitative estimate of drug-likeness (QED) is 0.803. The number of rotatable bonds is 6. The maximum Gasteiger partial charge on any atom is 0.576 e. The molecule has 2 aromatic carbocycles. The van der Waals surface area contributed by atoms with Gasteiger partial charge in [-0.15, -0.1) is 0 Å². The SMILES string of the molecule is CC(=O)Nc1cccc(OBOc2cccc(NC(C)=O)c2)c1. The summed E-state index contributed by atoms with van der Waals surface area (Å²) in [6.45, 7) is 2.89. The van der Waals surface area contributed by atoms with Crippen LogP contribution in [0, 0.1) is 0 Å². The number of anilines is 2. The summed E-state index contributed by atoms with van der Waals surface area (Å²) in [5, 5.41) is 5.36. The van der Waals surface area contributed by atoms with Crippen molar-refractivity contribution in [1.29, 1.82) is 0 Å². The summed E-state index contributed by atoms with van der Waals surface area (Å²) in [5.41, 5.74) is 1.31. The van der Waals surface area contributed by atoms with Crippen LogP contribution < -0.4 is 19.9 Å². The van der Waals surface area contributed by atoms with Gasteiger partial charge in [-0.1, -0.05) is 12.1 Å². The number of carbonyl (C=O) groups excluding carboxylic acids is 2. The average Bonchev–Trinajstić information content (AvgIpc) is 2.46. The molecule has 23 heavy (non-hydrogen) atoms. The molecular weight excluding hydrogens is 295 g/mol. The predicted molar refractivity (Wildman–Crippen MR) is 89.9 cm³/mol. The fraction of sp³-hybridized carbons (Fsp3) is 0.125. The molecule has 0 radical (unpaired) electrons. The van der Waals surface area contributed by atoms with Gasteiger partial charge in [0.1, 0.15) is 11.5 Å². The van der Waals surface area contributed by atoms with E-state index in [0.717, 1.165) is 0 Å². The lowest BCUT2D eigenvalue weighted by Gasteiger charge is -2.10. The molecular formula is C16H17BN2O4. The van der Waals surface area contributed by atoms with Crippen molar-refractivity contribution in [3.05, 3.63) is 48.5 Å². The van der Waals surface area contributed by atoms with Crippen LogP contribution in [0.4, 0.5) is 11.4 Å². The first kappa shape index (κ1) is 16.4. The monoisotopic (exact) mass is 312 g/mol. The van der Waals surface area contributed by atoms with Gasteiger partial charge in [0.2, 0.25) is 11.8 Å². The Bertz CT molecular complexity index is 646. The normalized spacial score (nSPS) is 9.65. The Kier molecular flexibility index (Phi) is 5.63. The average molecular weight is 312 g/mol. The van der Waals surface area contributed by atoms with E-state index < -0.39 is 0 Å². The van der Waals surface area contributed by atoms with Gasteiger partial charge in [-0.3, -0.25) is 9.59 Å². The summed E-state index contributed by atoms with van der Waals surface area (Å²) in [7, 11) is 0.00699. The molecule has 7 heteroatoms. The summed E-state index contributed by atoms with van der Waals surface area (Å²) in [4.78, 5) is 22.1. The molecule has 0 unspecified atom stereocenters. The molecule has 2 aromatic rings. The van der Waals surface area contributed by atoms with Gasteiger partial charge < -0.3 is 19.9 Å². The molecule has 0 saturated heterocycles. The van der Waals surface area contributed by atoms with Crippen LogP contribution in [0.15, 0.2) is 48.5 Å². The lowest BCUT2D eigenvalue weighted by Crippen LogP contribution is -2.12. The summed E-state index contributed by atoms with van der Waals surface area (Å²) < 4.78 is 11.0. The second-order valence-corrected chi connectivity index (χ2v) is 4.82. The summed E-state index contributed by atoms with van der Waals surface area (Å²) in [6, 6.07) is 14.0.